The number of nitrogens with zero attached hydrogens (tertiary/aromatic N) is 1. The Morgan fingerprint density at radius 1 is 1.04 bits per heavy atom. The summed E-state index contributed by atoms with van der Waals surface area (Å²) in [6.07, 6.45) is 0. The van der Waals surface area contributed by atoms with Gasteiger partial charge in [-0.25, -0.2) is 8.42 Å². The largest absolute Gasteiger partial charge is 0.442 e. The zero-order chi connectivity index (χ0) is 18.2. The van der Waals surface area contributed by atoms with Gasteiger partial charge in [0.15, 0.2) is 6.73 Å². The number of ether oxygens (including phenoxy) is 1. The molecule has 6 nitrogen and oxygen atoms in total. The van der Waals surface area contributed by atoms with E-state index in [2.05, 4.69) is 0 Å². The van der Waals surface area contributed by atoms with Crippen LogP contribution in [0.1, 0.15) is 29.8 Å². The summed E-state index contributed by atoms with van der Waals surface area (Å²) in [5.74, 6) is -1.31. The van der Waals surface area contributed by atoms with Gasteiger partial charge in [0.05, 0.1) is 11.0 Å². The highest BCUT2D eigenvalue weighted by atomic mass is 32.2. The lowest BCUT2D eigenvalue weighted by atomic mass is 9.85. The Kier molecular flexibility index (Phi) is 4.12. The maximum Gasteiger partial charge on any atom is 0.317 e. The topological polar surface area (TPSA) is 80.8 Å². The second kappa shape index (κ2) is 6.00. The SMILES string of the molecule is CC(C)(C(=O)OCN1C(=O)c2ccccc2S1(=O)=O)c1ccccc1. The van der Waals surface area contributed by atoms with Crippen molar-refractivity contribution in [2.24, 2.45) is 0 Å². The molecule has 2 aromatic carbocycles. The fraction of sp³-hybridized carbons (Fsp3) is 0.222. The van der Waals surface area contributed by atoms with E-state index in [1.54, 1.807) is 44.2 Å². The van der Waals surface area contributed by atoms with Gasteiger partial charge in [0, 0.05) is 0 Å². The first-order chi connectivity index (χ1) is 11.8. The fourth-order valence-electron chi connectivity index (χ4n) is 2.63. The van der Waals surface area contributed by atoms with E-state index < -0.39 is 34.0 Å². The highest BCUT2D eigenvalue weighted by Crippen LogP contribution is 2.30. The van der Waals surface area contributed by atoms with Crippen LogP contribution in [-0.2, 0) is 25.0 Å². The van der Waals surface area contributed by atoms with Crippen LogP contribution in [0.4, 0.5) is 0 Å². The molecule has 0 aliphatic carbocycles. The van der Waals surface area contributed by atoms with Crippen molar-refractivity contribution in [2.45, 2.75) is 24.2 Å². The van der Waals surface area contributed by atoms with Gasteiger partial charge in [0.25, 0.3) is 15.9 Å². The number of hydrogen-bond acceptors (Lipinski definition) is 5. The van der Waals surface area contributed by atoms with Crippen LogP contribution in [0, 0.1) is 0 Å². The van der Waals surface area contributed by atoms with E-state index in [4.69, 9.17) is 4.74 Å². The minimum atomic E-state index is -3.99. The molecule has 130 valence electrons. The van der Waals surface area contributed by atoms with Gasteiger partial charge in [-0.1, -0.05) is 42.5 Å². The molecule has 7 heteroatoms. The van der Waals surface area contributed by atoms with Gasteiger partial charge >= 0.3 is 5.97 Å². The van der Waals surface area contributed by atoms with Crippen LogP contribution in [-0.4, -0.2) is 31.3 Å². The second-order valence-electron chi connectivity index (χ2n) is 6.21. The fourth-order valence-corrected chi connectivity index (χ4v) is 4.06. The molecular formula is C18H17NO5S. The van der Waals surface area contributed by atoms with E-state index in [0.29, 0.717) is 4.31 Å². The molecule has 1 amide bonds. The van der Waals surface area contributed by atoms with Gasteiger partial charge in [-0.15, -0.1) is 0 Å². The Morgan fingerprint density at radius 3 is 2.28 bits per heavy atom. The molecule has 0 N–H and O–H groups in total. The van der Waals surface area contributed by atoms with Crippen molar-refractivity contribution in [2.75, 3.05) is 6.73 Å². The quantitative estimate of drug-likeness (QED) is 0.783. The van der Waals surface area contributed by atoms with Crippen LogP contribution in [0.2, 0.25) is 0 Å². The average Bonchev–Trinajstić information content (AvgIpc) is 2.80. The molecular weight excluding hydrogens is 342 g/mol. The summed E-state index contributed by atoms with van der Waals surface area (Å²) >= 11 is 0. The highest BCUT2D eigenvalue weighted by Gasteiger charge is 2.42. The van der Waals surface area contributed by atoms with Gasteiger partial charge in [-0.05, 0) is 31.5 Å². The molecule has 0 fully saturated rings. The third-order valence-corrected chi connectivity index (χ3v) is 5.99. The molecule has 3 rings (SSSR count). The van der Waals surface area contributed by atoms with Gasteiger partial charge in [0.1, 0.15) is 4.90 Å². The predicted molar refractivity (Wildman–Crippen MR) is 90.2 cm³/mol. The summed E-state index contributed by atoms with van der Waals surface area (Å²) in [5, 5.41) is 0. The maximum absolute atomic E-state index is 12.5. The highest BCUT2D eigenvalue weighted by molar-refractivity contribution is 7.90. The third kappa shape index (κ3) is 2.80. The van der Waals surface area contributed by atoms with E-state index >= 15 is 0 Å². The van der Waals surface area contributed by atoms with E-state index in [9.17, 15) is 18.0 Å². The van der Waals surface area contributed by atoms with E-state index in [0.717, 1.165) is 5.56 Å². The molecule has 1 heterocycles. The summed E-state index contributed by atoms with van der Waals surface area (Å²) in [6, 6.07) is 14.9. The summed E-state index contributed by atoms with van der Waals surface area (Å²) in [4.78, 5) is 24.7. The van der Waals surface area contributed by atoms with Crippen molar-refractivity contribution in [3.05, 3.63) is 65.7 Å². The van der Waals surface area contributed by atoms with E-state index in [1.165, 1.54) is 18.2 Å². The van der Waals surface area contributed by atoms with Gasteiger partial charge < -0.3 is 4.74 Å². The van der Waals surface area contributed by atoms with Crippen LogP contribution in [0.15, 0.2) is 59.5 Å². The summed E-state index contributed by atoms with van der Waals surface area (Å²) in [5.41, 5.74) is -0.152. The lowest BCUT2D eigenvalue weighted by Gasteiger charge is -2.24. The normalized spacial score (nSPS) is 15.8. The minimum absolute atomic E-state index is 0.0710. The molecule has 25 heavy (non-hydrogen) atoms. The molecule has 0 bridgehead atoms. The molecule has 2 aromatic rings. The van der Waals surface area contributed by atoms with Crippen molar-refractivity contribution < 1.29 is 22.7 Å². The van der Waals surface area contributed by atoms with Gasteiger partial charge in [0.2, 0.25) is 0 Å². The molecule has 0 atom stereocenters. The Morgan fingerprint density at radius 2 is 1.64 bits per heavy atom. The second-order valence-corrected chi connectivity index (χ2v) is 8.04. The Balaban J connectivity index is 1.79. The number of carbonyl (C=O) groups excluding carboxylic acids is 2. The third-order valence-electron chi connectivity index (χ3n) is 4.23. The first-order valence-electron chi connectivity index (χ1n) is 7.65. The number of amides is 1. The number of rotatable bonds is 4. The molecule has 0 radical (unpaired) electrons. The van der Waals surface area contributed by atoms with E-state index in [1.807, 2.05) is 6.07 Å². The number of hydrogen-bond donors (Lipinski definition) is 0. The number of benzene rings is 2. The average molecular weight is 359 g/mol. The van der Waals surface area contributed by atoms with Crippen LogP contribution >= 0.6 is 0 Å². The zero-order valence-electron chi connectivity index (χ0n) is 13.8. The van der Waals surface area contributed by atoms with Crippen molar-refractivity contribution in [3.63, 3.8) is 0 Å². The Labute approximate surface area is 146 Å². The number of esters is 1. The molecule has 1 aliphatic rings. The molecule has 0 aromatic heterocycles. The number of sulfonamides is 1. The van der Waals surface area contributed by atoms with Crippen molar-refractivity contribution in [1.29, 1.82) is 0 Å². The smallest absolute Gasteiger partial charge is 0.317 e. The lowest BCUT2D eigenvalue weighted by molar-refractivity contribution is -0.151. The number of carbonyl (C=O) groups is 2. The van der Waals surface area contributed by atoms with Crippen molar-refractivity contribution in [1.82, 2.24) is 4.31 Å². The molecule has 0 saturated carbocycles. The standard InChI is InChI=1S/C18H17NO5S/c1-18(2,13-8-4-3-5-9-13)17(21)24-12-19-16(20)14-10-6-7-11-15(14)25(19,22)23/h3-11H,12H2,1-2H3. The first-order valence-corrected chi connectivity index (χ1v) is 9.09. The Hall–Kier alpha value is -2.67. The summed E-state index contributed by atoms with van der Waals surface area (Å²) in [7, 11) is -3.99. The van der Waals surface area contributed by atoms with Crippen LogP contribution in [0.25, 0.3) is 0 Å². The van der Waals surface area contributed by atoms with Crippen LogP contribution < -0.4 is 0 Å². The number of fused-ring (bicyclic) bond motifs is 1. The van der Waals surface area contributed by atoms with E-state index in [-0.39, 0.29) is 10.5 Å². The minimum Gasteiger partial charge on any atom is -0.442 e. The van der Waals surface area contributed by atoms with Gasteiger partial charge in [-0.3, -0.25) is 9.59 Å². The Bertz CT molecular complexity index is 935. The van der Waals surface area contributed by atoms with Crippen molar-refractivity contribution >= 4 is 21.9 Å². The molecule has 1 aliphatic heterocycles. The maximum atomic E-state index is 12.5. The summed E-state index contributed by atoms with van der Waals surface area (Å²) in [6.45, 7) is 2.71. The molecule has 0 spiro atoms. The lowest BCUT2D eigenvalue weighted by Crippen LogP contribution is -2.38. The van der Waals surface area contributed by atoms with Crippen molar-refractivity contribution in [3.8, 4) is 0 Å². The predicted octanol–water partition coefficient (Wildman–Crippen LogP) is 2.31. The monoisotopic (exact) mass is 359 g/mol. The molecule has 0 saturated heterocycles. The first kappa shape index (κ1) is 17.2. The zero-order valence-corrected chi connectivity index (χ0v) is 14.6. The van der Waals surface area contributed by atoms with Crippen LogP contribution in [0.5, 0.6) is 0 Å². The summed E-state index contributed by atoms with van der Waals surface area (Å²) < 4.78 is 30.6. The van der Waals surface area contributed by atoms with Gasteiger partial charge in [-0.2, -0.15) is 4.31 Å². The van der Waals surface area contributed by atoms with Crippen LogP contribution in [0.3, 0.4) is 0 Å². The molecule has 0 unspecified atom stereocenters.